The van der Waals surface area contributed by atoms with Crippen molar-refractivity contribution in [3.63, 3.8) is 0 Å². The zero-order valence-corrected chi connectivity index (χ0v) is 7.66. The fourth-order valence-electron chi connectivity index (χ4n) is 1.72. The molecule has 0 aliphatic carbocycles. The average Bonchev–Trinajstić information content (AvgIpc) is 2.18. The van der Waals surface area contributed by atoms with Gasteiger partial charge in [0.2, 0.25) is 5.91 Å². The Hall–Kier alpha value is -1.71. The molecule has 4 heteroatoms. The van der Waals surface area contributed by atoms with Crippen molar-refractivity contribution in [1.82, 2.24) is 0 Å². The van der Waals surface area contributed by atoms with Crippen molar-refractivity contribution in [3.05, 3.63) is 23.8 Å². The molecule has 0 bridgehead atoms. The number of hydrogen-bond acceptors (Lipinski definition) is 3. The van der Waals surface area contributed by atoms with E-state index in [2.05, 4.69) is 5.32 Å². The van der Waals surface area contributed by atoms with E-state index in [0.717, 1.165) is 12.0 Å². The van der Waals surface area contributed by atoms with Crippen LogP contribution in [0.3, 0.4) is 0 Å². The number of rotatable bonds is 1. The predicted octanol–water partition coefficient (Wildman–Crippen LogP) is 0.604. The van der Waals surface area contributed by atoms with E-state index in [9.17, 15) is 9.90 Å². The van der Waals surface area contributed by atoms with Gasteiger partial charge in [-0.05, 0) is 24.5 Å². The summed E-state index contributed by atoms with van der Waals surface area (Å²) >= 11 is 0. The van der Waals surface area contributed by atoms with Crippen LogP contribution in [0.4, 0.5) is 5.69 Å². The molecular formula is C10H12N2O2. The molecule has 1 amide bonds. The van der Waals surface area contributed by atoms with Gasteiger partial charge >= 0.3 is 0 Å². The third kappa shape index (κ3) is 1.39. The lowest BCUT2D eigenvalue weighted by atomic mass is 9.97. The van der Waals surface area contributed by atoms with Crippen molar-refractivity contribution in [3.8, 4) is 5.75 Å². The maximum Gasteiger partial charge on any atom is 0.239 e. The van der Waals surface area contributed by atoms with E-state index < -0.39 is 0 Å². The van der Waals surface area contributed by atoms with Gasteiger partial charge in [-0.2, -0.15) is 0 Å². The van der Waals surface area contributed by atoms with Crippen LogP contribution in [0.25, 0.3) is 0 Å². The SMILES string of the molecule is NC(=O)C1CCc2cccc(O)c2N1. The van der Waals surface area contributed by atoms with Gasteiger partial charge in [-0.3, -0.25) is 4.79 Å². The molecule has 14 heavy (non-hydrogen) atoms. The molecule has 0 saturated carbocycles. The number of amides is 1. The molecule has 1 heterocycles. The van der Waals surface area contributed by atoms with Crippen LogP contribution in [0.5, 0.6) is 5.75 Å². The van der Waals surface area contributed by atoms with Crippen molar-refractivity contribution < 1.29 is 9.90 Å². The Morgan fingerprint density at radius 3 is 3.07 bits per heavy atom. The molecule has 0 spiro atoms. The molecular weight excluding hydrogens is 180 g/mol. The van der Waals surface area contributed by atoms with E-state index in [0.29, 0.717) is 12.1 Å². The molecule has 1 aromatic rings. The highest BCUT2D eigenvalue weighted by Gasteiger charge is 2.23. The molecule has 0 fully saturated rings. The van der Waals surface area contributed by atoms with Crippen LogP contribution in [0.2, 0.25) is 0 Å². The number of benzene rings is 1. The first-order chi connectivity index (χ1) is 6.68. The topological polar surface area (TPSA) is 75.4 Å². The number of anilines is 1. The number of phenols is 1. The third-order valence-electron chi connectivity index (χ3n) is 2.49. The molecule has 0 saturated heterocycles. The van der Waals surface area contributed by atoms with E-state index in [1.807, 2.05) is 6.07 Å². The van der Waals surface area contributed by atoms with Crippen LogP contribution in [0.1, 0.15) is 12.0 Å². The van der Waals surface area contributed by atoms with Gasteiger partial charge in [0, 0.05) is 0 Å². The van der Waals surface area contributed by atoms with Crippen LogP contribution in [-0.2, 0) is 11.2 Å². The summed E-state index contributed by atoms with van der Waals surface area (Å²) < 4.78 is 0. The molecule has 4 N–H and O–H groups in total. The van der Waals surface area contributed by atoms with Gasteiger partial charge in [-0.1, -0.05) is 12.1 Å². The zero-order valence-electron chi connectivity index (χ0n) is 7.66. The summed E-state index contributed by atoms with van der Waals surface area (Å²) in [6.45, 7) is 0. The number of carbonyl (C=O) groups is 1. The zero-order chi connectivity index (χ0) is 10.1. The summed E-state index contributed by atoms with van der Waals surface area (Å²) in [7, 11) is 0. The van der Waals surface area contributed by atoms with Crippen LogP contribution in [0.15, 0.2) is 18.2 Å². The van der Waals surface area contributed by atoms with Gasteiger partial charge in [-0.25, -0.2) is 0 Å². The molecule has 2 rings (SSSR count). The highest BCUT2D eigenvalue weighted by atomic mass is 16.3. The van der Waals surface area contributed by atoms with E-state index >= 15 is 0 Å². The van der Waals surface area contributed by atoms with Gasteiger partial charge < -0.3 is 16.2 Å². The number of phenolic OH excluding ortho intramolecular Hbond substituents is 1. The molecule has 74 valence electrons. The van der Waals surface area contributed by atoms with Crippen LogP contribution in [0, 0.1) is 0 Å². The average molecular weight is 192 g/mol. The van der Waals surface area contributed by atoms with E-state index in [-0.39, 0.29) is 17.7 Å². The predicted molar refractivity (Wildman–Crippen MR) is 53.0 cm³/mol. The normalized spacial score (nSPS) is 19.6. The number of para-hydroxylation sites is 1. The van der Waals surface area contributed by atoms with Crippen molar-refractivity contribution in [2.75, 3.05) is 5.32 Å². The summed E-state index contributed by atoms with van der Waals surface area (Å²) in [5.41, 5.74) is 6.86. The van der Waals surface area contributed by atoms with Gasteiger partial charge in [-0.15, -0.1) is 0 Å². The Kier molecular flexibility index (Phi) is 2.04. The Morgan fingerprint density at radius 1 is 1.57 bits per heavy atom. The smallest absolute Gasteiger partial charge is 0.239 e. The monoisotopic (exact) mass is 192 g/mol. The van der Waals surface area contributed by atoms with E-state index in [1.165, 1.54) is 0 Å². The number of nitrogens with one attached hydrogen (secondary N) is 1. The highest BCUT2D eigenvalue weighted by molar-refractivity contribution is 5.84. The van der Waals surface area contributed by atoms with Gasteiger partial charge in [0.1, 0.15) is 11.8 Å². The lowest BCUT2D eigenvalue weighted by Crippen LogP contribution is -2.38. The fraction of sp³-hybridized carbons (Fsp3) is 0.300. The molecule has 4 nitrogen and oxygen atoms in total. The Balaban J connectivity index is 2.33. The minimum absolute atomic E-state index is 0.174. The quantitative estimate of drug-likeness (QED) is 0.570. The minimum atomic E-state index is -0.376. The molecule has 1 aliphatic rings. The summed E-state index contributed by atoms with van der Waals surface area (Å²) in [5, 5.41) is 12.5. The van der Waals surface area contributed by atoms with Crippen molar-refractivity contribution in [2.24, 2.45) is 5.73 Å². The van der Waals surface area contributed by atoms with Gasteiger partial charge in [0.05, 0.1) is 5.69 Å². The Labute approximate surface area is 81.7 Å². The third-order valence-corrected chi connectivity index (χ3v) is 2.49. The molecule has 1 aromatic carbocycles. The maximum absolute atomic E-state index is 11.0. The molecule has 1 aliphatic heterocycles. The number of nitrogens with two attached hydrogens (primary N) is 1. The summed E-state index contributed by atoms with van der Waals surface area (Å²) in [6, 6.07) is 4.95. The standard InChI is InChI=1S/C10H12N2O2/c11-10(14)7-5-4-6-2-1-3-8(13)9(6)12-7/h1-3,7,12-13H,4-5H2,(H2,11,14). The summed E-state index contributed by atoms with van der Waals surface area (Å²) in [4.78, 5) is 11.0. The molecule has 0 aromatic heterocycles. The van der Waals surface area contributed by atoms with Crippen molar-refractivity contribution in [1.29, 1.82) is 0 Å². The Morgan fingerprint density at radius 2 is 2.36 bits per heavy atom. The van der Waals surface area contributed by atoms with E-state index in [1.54, 1.807) is 12.1 Å². The lowest BCUT2D eigenvalue weighted by Gasteiger charge is -2.25. The molecule has 0 radical (unpaired) electrons. The number of hydrogen-bond donors (Lipinski definition) is 3. The number of aryl methyl sites for hydroxylation is 1. The van der Waals surface area contributed by atoms with Crippen molar-refractivity contribution in [2.45, 2.75) is 18.9 Å². The largest absolute Gasteiger partial charge is 0.506 e. The van der Waals surface area contributed by atoms with Crippen LogP contribution >= 0.6 is 0 Å². The highest BCUT2D eigenvalue weighted by Crippen LogP contribution is 2.32. The van der Waals surface area contributed by atoms with E-state index in [4.69, 9.17) is 5.73 Å². The molecule has 1 atom stereocenters. The van der Waals surface area contributed by atoms with Gasteiger partial charge in [0.25, 0.3) is 0 Å². The maximum atomic E-state index is 11.0. The molecule has 1 unspecified atom stereocenters. The Bertz CT molecular complexity index is 376. The second-order valence-corrected chi connectivity index (χ2v) is 3.45. The first-order valence-corrected chi connectivity index (χ1v) is 4.55. The number of aromatic hydroxyl groups is 1. The van der Waals surface area contributed by atoms with Gasteiger partial charge in [0.15, 0.2) is 0 Å². The number of fused-ring (bicyclic) bond motifs is 1. The number of primary amides is 1. The minimum Gasteiger partial charge on any atom is -0.506 e. The second-order valence-electron chi connectivity index (χ2n) is 3.45. The van der Waals surface area contributed by atoms with Crippen LogP contribution in [-0.4, -0.2) is 17.1 Å². The van der Waals surface area contributed by atoms with Crippen molar-refractivity contribution >= 4 is 11.6 Å². The summed E-state index contributed by atoms with van der Waals surface area (Å²) in [5.74, 6) is -0.202. The first-order valence-electron chi connectivity index (χ1n) is 4.55. The second kappa shape index (κ2) is 3.21. The summed E-state index contributed by atoms with van der Waals surface area (Å²) in [6.07, 6.45) is 1.45. The van der Waals surface area contributed by atoms with Crippen LogP contribution < -0.4 is 11.1 Å². The first kappa shape index (κ1) is 8.87. The number of carbonyl (C=O) groups excluding carboxylic acids is 1. The fourth-order valence-corrected chi connectivity index (χ4v) is 1.72. The lowest BCUT2D eigenvalue weighted by molar-refractivity contribution is -0.118.